The zero-order valence-electron chi connectivity index (χ0n) is 9.43. The lowest BCUT2D eigenvalue weighted by atomic mass is 10.0. The van der Waals surface area contributed by atoms with Gasteiger partial charge in [0.25, 0.3) is 0 Å². The van der Waals surface area contributed by atoms with Gasteiger partial charge < -0.3 is 9.69 Å². The maximum atomic E-state index is 11.1. The Balaban J connectivity index is 1.95. The van der Waals surface area contributed by atoms with Crippen LogP contribution in [0.25, 0.3) is 0 Å². The second-order valence-corrected chi connectivity index (χ2v) is 4.89. The van der Waals surface area contributed by atoms with Crippen molar-refractivity contribution < 1.29 is 4.79 Å². The second kappa shape index (κ2) is 3.93. The number of hydrogen-bond donors (Lipinski definition) is 0. The summed E-state index contributed by atoms with van der Waals surface area (Å²) in [5.74, 6) is 0.0943. The first-order valence-electron chi connectivity index (χ1n) is 6.21. The van der Waals surface area contributed by atoms with Gasteiger partial charge in [0.1, 0.15) is 6.29 Å². The van der Waals surface area contributed by atoms with Gasteiger partial charge in [-0.1, -0.05) is 31.0 Å². The first-order valence-corrected chi connectivity index (χ1v) is 6.21. The molecule has 16 heavy (non-hydrogen) atoms. The van der Waals surface area contributed by atoms with Gasteiger partial charge in [0.15, 0.2) is 0 Å². The average molecular weight is 215 g/mol. The summed E-state index contributed by atoms with van der Waals surface area (Å²) >= 11 is 0. The van der Waals surface area contributed by atoms with Gasteiger partial charge in [0.05, 0.1) is 5.92 Å². The predicted octanol–water partition coefficient (Wildman–Crippen LogP) is 2.73. The van der Waals surface area contributed by atoms with Crippen molar-refractivity contribution >= 4 is 12.0 Å². The third kappa shape index (κ3) is 1.44. The highest BCUT2D eigenvalue weighted by molar-refractivity contribution is 5.74. The molecule has 1 aliphatic carbocycles. The molecule has 1 aliphatic heterocycles. The van der Waals surface area contributed by atoms with Crippen molar-refractivity contribution in [2.75, 3.05) is 11.4 Å². The Morgan fingerprint density at radius 1 is 1.19 bits per heavy atom. The van der Waals surface area contributed by atoms with Crippen molar-refractivity contribution in [2.45, 2.75) is 37.6 Å². The average Bonchev–Trinajstić information content (AvgIpc) is 2.95. The standard InChI is InChI=1S/C14H17NO/c16-10-11-9-15(12-5-1-2-6-12)14-8-4-3-7-13(11)14/h3-4,7-8,10-12H,1-2,5-6,9H2. The second-order valence-electron chi connectivity index (χ2n) is 4.89. The van der Waals surface area contributed by atoms with E-state index in [1.165, 1.54) is 36.9 Å². The molecule has 0 N–H and O–H groups in total. The molecule has 2 aliphatic rings. The van der Waals surface area contributed by atoms with E-state index in [2.05, 4.69) is 23.1 Å². The molecule has 2 heteroatoms. The fourth-order valence-corrected chi connectivity index (χ4v) is 3.15. The third-order valence-corrected chi connectivity index (χ3v) is 3.97. The van der Waals surface area contributed by atoms with E-state index in [1.807, 2.05) is 6.07 Å². The molecule has 1 atom stereocenters. The largest absolute Gasteiger partial charge is 0.367 e. The zero-order valence-corrected chi connectivity index (χ0v) is 9.43. The zero-order chi connectivity index (χ0) is 11.0. The van der Waals surface area contributed by atoms with Gasteiger partial charge in [-0.15, -0.1) is 0 Å². The molecule has 0 amide bonds. The summed E-state index contributed by atoms with van der Waals surface area (Å²) < 4.78 is 0. The number of para-hydroxylation sites is 1. The van der Waals surface area contributed by atoms with Gasteiger partial charge in [-0.3, -0.25) is 0 Å². The molecule has 1 heterocycles. The summed E-state index contributed by atoms with van der Waals surface area (Å²) in [5, 5.41) is 0. The van der Waals surface area contributed by atoms with E-state index in [-0.39, 0.29) is 5.92 Å². The van der Waals surface area contributed by atoms with E-state index in [0.717, 1.165) is 12.8 Å². The van der Waals surface area contributed by atoms with Crippen LogP contribution >= 0.6 is 0 Å². The third-order valence-electron chi connectivity index (χ3n) is 3.97. The number of rotatable bonds is 2. The Morgan fingerprint density at radius 3 is 2.69 bits per heavy atom. The van der Waals surface area contributed by atoms with Crippen LogP contribution in [0, 0.1) is 0 Å². The minimum Gasteiger partial charge on any atom is -0.367 e. The molecule has 0 saturated heterocycles. The van der Waals surface area contributed by atoms with Crippen LogP contribution in [-0.4, -0.2) is 18.9 Å². The van der Waals surface area contributed by atoms with Crippen LogP contribution in [0.15, 0.2) is 24.3 Å². The Kier molecular flexibility index (Phi) is 2.43. The first-order chi connectivity index (χ1) is 7.90. The van der Waals surface area contributed by atoms with Crippen LogP contribution in [0.2, 0.25) is 0 Å². The highest BCUT2D eigenvalue weighted by atomic mass is 16.1. The fraction of sp³-hybridized carbons (Fsp3) is 0.500. The Hall–Kier alpha value is -1.31. The van der Waals surface area contributed by atoms with Gasteiger partial charge in [0, 0.05) is 18.3 Å². The lowest BCUT2D eigenvalue weighted by Gasteiger charge is -2.26. The molecule has 1 aromatic rings. The molecular formula is C14H17NO. The summed E-state index contributed by atoms with van der Waals surface area (Å²) in [6.45, 7) is 0.896. The number of fused-ring (bicyclic) bond motifs is 1. The monoisotopic (exact) mass is 215 g/mol. The number of aldehydes is 1. The normalized spacial score (nSPS) is 24.8. The summed E-state index contributed by atoms with van der Waals surface area (Å²) in [6.07, 6.45) is 6.37. The maximum Gasteiger partial charge on any atom is 0.129 e. The first kappa shape index (κ1) is 9.88. The minimum atomic E-state index is 0.0943. The smallest absolute Gasteiger partial charge is 0.129 e. The quantitative estimate of drug-likeness (QED) is 0.707. The van der Waals surface area contributed by atoms with E-state index in [9.17, 15) is 4.79 Å². The van der Waals surface area contributed by atoms with E-state index in [0.29, 0.717) is 6.04 Å². The summed E-state index contributed by atoms with van der Waals surface area (Å²) in [5.41, 5.74) is 2.52. The Labute approximate surface area is 96.3 Å². The molecular weight excluding hydrogens is 198 g/mol. The number of carbonyl (C=O) groups excluding carboxylic acids is 1. The number of nitrogens with zero attached hydrogens (tertiary/aromatic N) is 1. The highest BCUT2D eigenvalue weighted by Gasteiger charge is 2.33. The van der Waals surface area contributed by atoms with Crippen LogP contribution in [0.4, 0.5) is 5.69 Å². The minimum absolute atomic E-state index is 0.0943. The van der Waals surface area contributed by atoms with Gasteiger partial charge in [-0.25, -0.2) is 0 Å². The maximum absolute atomic E-state index is 11.1. The van der Waals surface area contributed by atoms with Crippen molar-refractivity contribution in [3.63, 3.8) is 0 Å². The highest BCUT2D eigenvalue weighted by Crippen LogP contribution is 2.39. The van der Waals surface area contributed by atoms with Gasteiger partial charge in [0.2, 0.25) is 0 Å². The van der Waals surface area contributed by atoms with Crippen molar-refractivity contribution in [1.82, 2.24) is 0 Å². The molecule has 2 nitrogen and oxygen atoms in total. The van der Waals surface area contributed by atoms with Crippen LogP contribution in [-0.2, 0) is 4.79 Å². The van der Waals surface area contributed by atoms with Crippen molar-refractivity contribution in [3.8, 4) is 0 Å². The molecule has 0 spiro atoms. The molecule has 1 aromatic carbocycles. The molecule has 3 rings (SSSR count). The molecule has 0 bridgehead atoms. The van der Waals surface area contributed by atoms with E-state index >= 15 is 0 Å². The summed E-state index contributed by atoms with van der Waals surface area (Å²) in [6, 6.07) is 9.05. The molecule has 1 fully saturated rings. The molecule has 0 aromatic heterocycles. The summed E-state index contributed by atoms with van der Waals surface area (Å²) in [4.78, 5) is 13.6. The van der Waals surface area contributed by atoms with Crippen LogP contribution in [0.1, 0.15) is 37.2 Å². The number of carbonyl (C=O) groups is 1. The van der Waals surface area contributed by atoms with Crippen LogP contribution in [0.3, 0.4) is 0 Å². The SMILES string of the molecule is O=CC1CN(C2CCCC2)c2ccccc21. The Bertz CT molecular complexity index is 395. The lowest BCUT2D eigenvalue weighted by Crippen LogP contribution is -2.32. The number of hydrogen-bond acceptors (Lipinski definition) is 2. The van der Waals surface area contributed by atoms with Crippen molar-refractivity contribution in [2.24, 2.45) is 0 Å². The van der Waals surface area contributed by atoms with Crippen molar-refractivity contribution in [1.29, 1.82) is 0 Å². The lowest BCUT2D eigenvalue weighted by molar-refractivity contribution is -0.108. The van der Waals surface area contributed by atoms with Crippen molar-refractivity contribution in [3.05, 3.63) is 29.8 Å². The van der Waals surface area contributed by atoms with Crippen LogP contribution in [0.5, 0.6) is 0 Å². The topological polar surface area (TPSA) is 20.3 Å². The Morgan fingerprint density at radius 2 is 1.94 bits per heavy atom. The number of benzene rings is 1. The van der Waals surface area contributed by atoms with Gasteiger partial charge in [-0.2, -0.15) is 0 Å². The van der Waals surface area contributed by atoms with Crippen LogP contribution < -0.4 is 4.90 Å². The predicted molar refractivity (Wildman–Crippen MR) is 64.8 cm³/mol. The van der Waals surface area contributed by atoms with Gasteiger partial charge >= 0.3 is 0 Å². The molecule has 1 saturated carbocycles. The molecule has 1 unspecified atom stereocenters. The van der Waals surface area contributed by atoms with E-state index in [1.54, 1.807) is 0 Å². The molecule has 0 radical (unpaired) electrons. The number of anilines is 1. The van der Waals surface area contributed by atoms with E-state index in [4.69, 9.17) is 0 Å². The van der Waals surface area contributed by atoms with Gasteiger partial charge in [-0.05, 0) is 24.5 Å². The van der Waals surface area contributed by atoms with E-state index < -0.39 is 0 Å². The fourth-order valence-electron chi connectivity index (χ4n) is 3.15. The summed E-state index contributed by atoms with van der Waals surface area (Å²) in [7, 11) is 0. The molecule has 84 valence electrons.